The van der Waals surface area contributed by atoms with Crippen LogP contribution in [0.15, 0.2) is 36.4 Å². The molecule has 2 heterocycles. The highest BCUT2D eigenvalue weighted by Gasteiger charge is 2.18. The molecule has 132 valence electrons. The fourth-order valence-electron chi connectivity index (χ4n) is 3.07. The number of aromatic nitrogens is 1. The summed E-state index contributed by atoms with van der Waals surface area (Å²) in [6, 6.07) is 11.5. The molecule has 0 radical (unpaired) electrons. The molecule has 2 N–H and O–H groups in total. The molecule has 0 unspecified atom stereocenters. The molecule has 0 atom stereocenters. The number of rotatable bonds is 5. The number of amides is 1. The highest BCUT2D eigenvalue weighted by molar-refractivity contribution is 6.30. The molecule has 6 heteroatoms. The van der Waals surface area contributed by atoms with Crippen LogP contribution in [0.5, 0.6) is 0 Å². The second kappa shape index (κ2) is 7.85. The Bertz CT molecular complexity index is 757. The number of aryl methyl sites for hydroxylation is 2. The van der Waals surface area contributed by atoms with Crippen molar-refractivity contribution in [1.29, 1.82) is 0 Å². The predicted octanol–water partition coefficient (Wildman–Crippen LogP) is 2.37. The number of hydrogen-bond donors (Lipinski definition) is 1. The first-order chi connectivity index (χ1) is 12.0. The largest absolute Gasteiger partial charge is 0.366 e. The molecule has 1 amide bonds. The first-order valence-electron chi connectivity index (χ1n) is 8.50. The van der Waals surface area contributed by atoms with Crippen LogP contribution >= 0.6 is 11.6 Å². The van der Waals surface area contributed by atoms with Gasteiger partial charge >= 0.3 is 0 Å². The molecule has 0 bridgehead atoms. The summed E-state index contributed by atoms with van der Waals surface area (Å²) in [5.74, 6) is 0.484. The number of hydrogen-bond acceptors (Lipinski definition) is 4. The summed E-state index contributed by atoms with van der Waals surface area (Å²) in [6.45, 7) is 3.90. The number of primary amides is 1. The van der Waals surface area contributed by atoms with Crippen LogP contribution in [0.2, 0.25) is 5.02 Å². The molecule has 0 spiro atoms. The summed E-state index contributed by atoms with van der Waals surface area (Å²) in [6.07, 6.45) is 1.42. The van der Waals surface area contributed by atoms with Crippen molar-refractivity contribution in [2.45, 2.75) is 12.8 Å². The molecular formula is C19H23ClN4O. The van der Waals surface area contributed by atoms with Crippen molar-refractivity contribution in [3.63, 3.8) is 0 Å². The molecule has 1 aromatic carbocycles. The van der Waals surface area contributed by atoms with Crippen molar-refractivity contribution in [3.8, 4) is 0 Å². The van der Waals surface area contributed by atoms with Gasteiger partial charge in [-0.15, -0.1) is 0 Å². The summed E-state index contributed by atoms with van der Waals surface area (Å²) >= 11 is 6.05. The first kappa shape index (κ1) is 17.7. The summed E-state index contributed by atoms with van der Waals surface area (Å²) in [5.41, 5.74) is 7.91. The maximum atomic E-state index is 11.8. The van der Waals surface area contributed by atoms with Gasteiger partial charge in [-0.05, 0) is 49.7 Å². The quantitative estimate of drug-likeness (QED) is 0.891. The molecule has 1 aromatic heterocycles. The van der Waals surface area contributed by atoms with Crippen molar-refractivity contribution in [2.75, 3.05) is 38.1 Å². The minimum Gasteiger partial charge on any atom is -0.366 e. The lowest BCUT2D eigenvalue weighted by molar-refractivity contribution is 0.0999. The van der Waals surface area contributed by atoms with Crippen LogP contribution in [-0.2, 0) is 12.8 Å². The third-order valence-electron chi connectivity index (χ3n) is 4.59. The van der Waals surface area contributed by atoms with E-state index >= 15 is 0 Å². The monoisotopic (exact) mass is 358 g/mol. The van der Waals surface area contributed by atoms with E-state index in [0.717, 1.165) is 49.7 Å². The molecule has 2 aromatic rings. The van der Waals surface area contributed by atoms with Gasteiger partial charge in [0.2, 0.25) is 0 Å². The van der Waals surface area contributed by atoms with Gasteiger partial charge in [0, 0.05) is 31.2 Å². The van der Waals surface area contributed by atoms with Crippen LogP contribution in [0.1, 0.15) is 21.6 Å². The molecule has 1 saturated heterocycles. The number of benzene rings is 1. The number of likely N-dealkylation sites (N-methyl/N-ethyl adjacent to an activating group) is 1. The number of carbonyl (C=O) groups excluding carboxylic acids is 1. The number of piperazine rings is 1. The van der Waals surface area contributed by atoms with Gasteiger partial charge in [0.15, 0.2) is 0 Å². The van der Waals surface area contributed by atoms with E-state index in [4.69, 9.17) is 22.3 Å². The number of nitrogens with two attached hydrogens (primary N) is 1. The standard InChI is InChI=1S/C19H23ClN4O/c1-23-9-11-24(12-10-23)18-8-6-16(19(21)25)17(22-18)7-5-14-3-2-4-15(20)13-14/h2-4,6,8,13H,5,7,9-12H2,1H3,(H2,21,25). The van der Waals surface area contributed by atoms with Crippen LogP contribution < -0.4 is 10.6 Å². The highest BCUT2D eigenvalue weighted by atomic mass is 35.5. The second-order valence-corrected chi connectivity index (χ2v) is 6.88. The van der Waals surface area contributed by atoms with Gasteiger partial charge in [-0.25, -0.2) is 4.98 Å². The normalized spacial score (nSPS) is 15.4. The van der Waals surface area contributed by atoms with Crippen LogP contribution in [0.3, 0.4) is 0 Å². The Hall–Kier alpha value is -2.11. The maximum absolute atomic E-state index is 11.8. The summed E-state index contributed by atoms with van der Waals surface area (Å²) in [4.78, 5) is 21.1. The van der Waals surface area contributed by atoms with E-state index in [9.17, 15) is 4.79 Å². The SMILES string of the molecule is CN1CCN(c2ccc(C(N)=O)c(CCc3cccc(Cl)c3)n2)CC1. The fourth-order valence-corrected chi connectivity index (χ4v) is 3.28. The van der Waals surface area contributed by atoms with Crippen LogP contribution in [0.25, 0.3) is 0 Å². The summed E-state index contributed by atoms with van der Waals surface area (Å²) < 4.78 is 0. The topological polar surface area (TPSA) is 62.5 Å². The van der Waals surface area contributed by atoms with Crippen LogP contribution in [0.4, 0.5) is 5.82 Å². The van der Waals surface area contributed by atoms with Crippen LogP contribution in [-0.4, -0.2) is 49.0 Å². The molecule has 0 saturated carbocycles. The van der Waals surface area contributed by atoms with Crippen molar-refractivity contribution in [1.82, 2.24) is 9.88 Å². The zero-order valence-electron chi connectivity index (χ0n) is 14.4. The Kier molecular flexibility index (Phi) is 5.56. The highest BCUT2D eigenvalue weighted by Crippen LogP contribution is 2.19. The third-order valence-corrected chi connectivity index (χ3v) is 4.83. The van der Waals surface area contributed by atoms with Gasteiger partial charge in [-0.2, -0.15) is 0 Å². The van der Waals surface area contributed by atoms with Gasteiger partial charge in [0.25, 0.3) is 5.91 Å². The van der Waals surface area contributed by atoms with E-state index in [0.29, 0.717) is 17.0 Å². The summed E-state index contributed by atoms with van der Waals surface area (Å²) in [7, 11) is 2.12. The lowest BCUT2D eigenvalue weighted by Gasteiger charge is -2.33. The first-order valence-corrected chi connectivity index (χ1v) is 8.88. The third kappa shape index (κ3) is 4.50. The number of carbonyl (C=O) groups is 1. The van der Waals surface area contributed by atoms with Crippen molar-refractivity contribution < 1.29 is 4.79 Å². The Morgan fingerprint density at radius 3 is 2.60 bits per heavy atom. The van der Waals surface area contributed by atoms with Gasteiger partial charge in [-0.1, -0.05) is 23.7 Å². The zero-order valence-corrected chi connectivity index (χ0v) is 15.2. The van der Waals surface area contributed by atoms with Gasteiger partial charge in [0.05, 0.1) is 11.3 Å². The van der Waals surface area contributed by atoms with Gasteiger partial charge in [-0.3, -0.25) is 4.79 Å². The predicted molar refractivity (Wildman–Crippen MR) is 101 cm³/mol. The van der Waals surface area contributed by atoms with E-state index in [-0.39, 0.29) is 0 Å². The van der Waals surface area contributed by atoms with E-state index in [1.165, 1.54) is 0 Å². The lowest BCUT2D eigenvalue weighted by atomic mass is 10.0. The second-order valence-electron chi connectivity index (χ2n) is 6.45. The average molecular weight is 359 g/mol. The molecule has 1 aliphatic rings. The Balaban J connectivity index is 1.80. The molecule has 25 heavy (non-hydrogen) atoms. The molecule has 0 aliphatic carbocycles. The Labute approximate surface area is 153 Å². The van der Waals surface area contributed by atoms with Crippen molar-refractivity contribution >= 4 is 23.3 Å². The fraction of sp³-hybridized carbons (Fsp3) is 0.368. The smallest absolute Gasteiger partial charge is 0.250 e. The van der Waals surface area contributed by atoms with E-state index < -0.39 is 5.91 Å². The summed E-state index contributed by atoms with van der Waals surface area (Å²) in [5, 5.41) is 0.715. The number of nitrogens with zero attached hydrogens (tertiary/aromatic N) is 3. The molecule has 1 fully saturated rings. The Morgan fingerprint density at radius 2 is 1.92 bits per heavy atom. The van der Waals surface area contributed by atoms with Gasteiger partial charge < -0.3 is 15.5 Å². The van der Waals surface area contributed by atoms with Crippen LogP contribution in [0, 0.1) is 0 Å². The van der Waals surface area contributed by atoms with Crippen molar-refractivity contribution in [3.05, 3.63) is 58.2 Å². The Morgan fingerprint density at radius 1 is 1.16 bits per heavy atom. The maximum Gasteiger partial charge on any atom is 0.250 e. The van der Waals surface area contributed by atoms with E-state index in [1.807, 2.05) is 30.3 Å². The number of pyridine rings is 1. The minimum atomic E-state index is -0.432. The molecule has 1 aliphatic heterocycles. The zero-order chi connectivity index (χ0) is 17.8. The molecule has 3 rings (SSSR count). The van der Waals surface area contributed by atoms with E-state index in [2.05, 4.69) is 16.8 Å². The lowest BCUT2D eigenvalue weighted by Crippen LogP contribution is -2.44. The average Bonchev–Trinajstić information content (AvgIpc) is 2.60. The van der Waals surface area contributed by atoms with Crippen molar-refractivity contribution in [2.24, 2.45) is 5.73 Å². The minimum absolute atomic E-state index is 0.432. The number of anilines is 1. The molecular weight excluding hydrogens is 336 g/mol. The van der Waals surface area contributed by atoms with E-state index in [1.54, 1.807) is 6.07 Å². The molecule has 5 nitrogen and oxygen atoms in total. The number of halogens is 1. The van der Waals surface area contributed by atoms with Gasteiger partial charge in [0.1, 0.15) is 5.82 Å².